The Balaban J connectivity index is 0.000000172. The first-order chi connectivity index (χ1) is 19.0. The Labute approximate surface area is 229 Å². The van der Waals surface area contributed by atoms with Crippen molar-refractivity contribution in [3.63, 3.8) is 0 Å². The molecule has 4 heterocycles. The van der Waals surface area contributed by atoms with Gasteiger partial charge in [-0.15, -0.1) is 0 Å². The van der Waals surface area contributed by atoms with E-state index in [1.165, 1.54) is 46.3 Å². The normalized spacial score (nSPS) is 14.4. The lowest BCUT2D eigenvalue weighted by Gasteiger charge is -2.15. The predicted octanol–water partition coefficient (Wildman–Crippen LogP) is 7.43. The number of fused-ring (bicyclic) bond motifs is 1. The fraction of sp³-hybridized carbons (Fsp3) is 0.235. The van der Waals surface area contributed by atoms with E-state index in [1.807, 2.05) is 68.4 Å². The number of aryl methyl sites for hydroxylation is 3. The summed E-state index contributed by atoms with van der Waals surface area (Å²) in [4.78, 5) is 30.0. The van der Waals surface area contributed by atoms with Gasteiger partial charge in [0.1, 0.15) is 0 Å². The molecule has 39 heavy (non-hydrogen) atoms. The van der Waals surface area contributed by atoms with Crippen molar-refractivity contribution in [3.8, 4) is 0 Å². The highest BCUT2D eigenvalue weighted by Gasteiger charge is 2.37. The minimum atomic E-state index is -0.230. The van der Waals surface area contributed by atoms with Gasteiger partial charge in [0, 0.05) is 46.4 Å². The van der Waals surface area contributed by atoms with Crippen LogP contribution in [0.5, 0.6) is 0 Å². The molecule has 2 amide bonds. The highest BCUT2D eigenvalue weighted by molar-refractivity contribution is 6.37. The molecule has 0 bridgehead atoms. The molecular formula is C34H35N3O2. The SMILES string of the molecule is CC.CC1=C(c2c[nH]c3ccccc23)C(=O)N(Cc2ccccc2)C1=O.Cc1cn2c3c(cccc13)CCC2. The zero-order valence-corrected chi connectivity index (χ0v) is 23.1. The maximum Gasteiger partial charge on any atom is 0.262 e. The van der Waals surface area contributed by atoms with E-state index in [1.54, 1.807) is 13.1 Å². The predicted molar refractivity (Wildman–Crippen MR) is 159 cm³/mol. The summed E-state index contributed by atoms with van der Waals surface area (Å²) in [5, 5.41) is 2.40. The topological polar surface area (TPSA) is 58.1 Å². The second-order valence-corrected chi connectivity index (χ2v) is 9.85. The molecule has 2 aliphatic rings. The Kier molecular flexibility index (Phi) is 7.51. The highest BCUT2D eigenvalue weighted by Crippen LogP contribution is 2.34. The summed E-state index contributed by atoms with van der Waals surface area (Å²) in [6.07, 6.45) is 6.63. The number of hydrogen-bond acceptors (Lipinski definition) is 2. The van der Waals surface area contributed by atoms with Gasteiger partial charge in [-0.2, -0.15) is 0 Å². The second kappa shape index (κ2) is 11.2. The molecule has 2 aromatic heterocycles. The van der Waals surface area contributed by atoms with Crippen LogP contribution in [-0.2, 0) is 29.1 Å². The van der Waals surface area contributed by atoms with Gasteiger partial charge in [0.2, 0.25) is 0 Å². The van der Waals surface area contributed by atoms with Crippen molar-refractivity contribution in [2.45, 2.75) is 53.6 Å². The molecule has 0 aliphatic carbocycles. The average molecular weight is 518 g/mol. The van der Waals surface area contributed by atoms with Crippen molar-refractivity contribution in [2.24, 2.45) is 0 Å². The van der Waals surface area contributed by atoms with Crippen LogP contribution in [0, 0.1) is 6.92 Å². The van der Waals surface area contributed by atoms with E-state index in [0.29, 0.717) is 17.7 Å². The molecule has 0 saturated carbocycles. The smallest absolute Gasteiger partial charge is 0.262 e. The van der Waals surface area contributed by atoms with Crippen LogP contribution in [0.3, 0.4) is 0 Å². The summed E-state index contributed by atoms with van der Waals surface area (Å²) in [7, 11) is 0. The lowest BCUT2D eigenvalue weighted by Crippen LogP contribution is -2.30. The fourth-order valence-corrected chi connectivity index (χ4v) is 5.64. The van der Waals surface area contributed by atoms with Gasteiger partial charge in [0.15, 0.2) is 0 Å². The molecule has 2 aliphatic heterocycles. The zero-order chi connectivity index (χ0) is 27.5. The number of hydrogen-bond donors (Lipinski definition) is 1. The maximum absolute atomic E-state index is 12.9. The molecule has 0 unspecified atom stereocenters. The summed E-state index contributed by atoms with van der Waals surface area (Å²) in [5.74, 6) is -0.449. The Morgan fingerprint density at radius 3 is 2.33 bits per heavy atom. The van der Waals surface area contributed by atoms with Crippen LogP contribution in [0.2, 0.25) is 0 Å². The number of H-pyrrole nitrogens is 1. The lowest BCUT2D eigenvalue weighted by atomic mass is 10.0. The van der Waals surface area contributed by atoms with E-state index in [0.717, 1.165) is 22.0 Å². The van der Waals surface area contributed by atoms with Gasteiger partial charge in [0.25, 0.3) is 11.8 Å². The fourth-order valence-electron chi connectivity index (χ4n) is 5.64. The van der Waals surface area contributed by atoms with Gasteiger partial charge in [-0.1, -0.05) is 80.6 Å². The van der Waals surface area contributed by atoms with E-state index < -0.39 is 0 Å². The quantitative estimate of drug-likeness (QED) is 0.253. The molecule has 0 saturated heterocycles. The monoisotopic (exact) mass is 517 g/mol. The molecule has 5 aromatic rings. The highest BCUT2D eigenvalue weighted by atomic mass is 16.2. The van der Waals surface area contributed by atoms with E-state index in [4.69, 9.17) is 0 Å². The zero-order valence-electron chi connectivity index (χ0n) is 23.1. The van der Waals surface area contributed by atoms with Crippen molar-refractivity contribution in [2.75, 3.05) is 0 Å². The minimum Gasteiger partial charge on any atom is -0.361 e. The first-order valence-electron chi connectivity index (χ1n) is 13.8. The van der Waals surface area contributed by atoms with Gasteiger partial charge in [-0.25, -0.2) is 0 Å². The Hall–Kier alpha value is -4.38. The molecule has 1 N–H and O–H groups in total. The number of para-hydroxylation sites is 2. The maximum atomic E-state index is 12.9. The van der Waals surface area contributed by atoms with Crippen LogP contribution in [0.25, 0.3) is 27.4 Å². The second-order valence-electron chi connectivity index (χ2n) is 9.85. The van der Waals surface area contributed by atoms with Crippen molar-refractivity contribution in [3.05, 3.63) is 113 Å². The van der Waals surface area contributed by atoms with Gasteiger partial charge in [-0.05, 0) is 49.4 Å². The number of carbonyl (C=O) groups excluding carboxylic acids is 2. The molecule has 5 nitrogen and oxygen atoms in total. The van der Waals surface area contributed by atoms with Crippen LogP contribution >= 0.6 is 0 Å². The van der Waals surface area contributed by atoms with Gasteiger partial charge in [0.05, 0.1) is 17.6 Å². The number of aromatic nitrogens is 2. The van der Waals surface area contributed by atoms with Crippen molar-refractivity contribution in [1.29, 1.82) is 0 Å². The summed E-state index contributed by atoms with van der Waals surface area (Å²) in [5.41, 5.74) is 8.09. The van der Waals surface area contributed by atoms with E-state index in [-0.39, 0.29) is 11.8 Å². The number of nitrogens with one attached hydrogen (secondary N) is 1. The van der Waals surface area contributed by atoms with Gasteiger partial charge in [-0.3, -0.25) is 14.5 Å². The Morgan fingerprint density at radius 1 is 0.821 bits per heavy atom. The van der Waals surface area contributed by atoms with Gasteiger partial charge < -0.3 is 9.55 Å². The van der Waals surface area contributed by atoms with Crippen molar-refractivity contribution in [1.82, 2.24) is 14.5 Å². The van der Waals surface area contributed by atoms with E-state index in [2.05, 4.69) is 40.9 Å². The Morgan fingerprint density at radius 2 is 1.54 bits per heavy atom. The number of carbonyl (C=O) groups is 2. The van der Waals surface area contributed by atoms with Gasteiger partial charge >= 0.3 is 0 Å². The summed E-state index contributed by atoms with van der Waals surface area (Å²) in [6.45, 7) is 9.42. The molecule has 5 heteroatoms. The molecule has 0 atom stereocenters. The van der Waals surface area contributed by atoms with Crippen LogP contribution in [0.15, 0.2) is 90.8 Å². The molecule has 7 rings (SSSR count). The molecule has 3 aromatic carbocycles. The largest absolute Gasteiger partial charge is 0.361 e. The van der Waals surface area contributed by atoms with Crippen molar-refractivity contribution < 1.29 is 9.59 Å². The van der Waals surface area contributed by atoms with E-state index in [9.17, 15) is 9.59 Å². The molecule has 0 fully saturated rings. The molecule has 0 radical (unpaired) electrons. The van der Waals surface area contributed by atoms with Crippen molar-refractivity contribution >= 4 is 39.2 Å². The number of imide groups is 1. The molecular weight excluding hydrogens is 482 g/mol. The number of benzene rings is 3. The first-order valence-corrected chi connectivity index (χ1v) is 13.8. The average Bonchev–Trinajstić information content (AvgIpc) is 3.61. The standard InChI is InChI=1S/C20H16N2O2.C12H13N.C2H6/c1-13-18(16-11-21-17-10-6-5-9-15(16)17)20(24)22(19(13)23)12-14-7-3-2-4-8-14;1-9-8-13-7-3-5-10-4-2-6-11(9)12(10)13;1-2/h2-11,21H,12H2,1H3;2,4,6,8H,3,5,7H2,1H3;1-2H3. The third-order valence-corrected chi connectivity index (χ3v) is 7.47. The number of aromatic amines is 1. The molecule has 198 valence electrons. The summed E-state index contributed by atoms with van der Waals surface area (Å²) in [6, 6.07) is 24.0. The third-order valence-electron chi connectivity index (χ3n) is 7.47. The lowest BCUT2D eigenvalue weighted by molar-refractivity contribution is -0.137. The molecule has 0 spiro atoms. The summed E-state index contributed by atoms with van der Waals surface area (Å²) < 4.78 is 2.41. The number of nitrogens with zero attached hydrogens (tertiary/aromatic N) is 2. The third kappa shape index (κ3) is 4.81. The van der Waals surface area contributed by atoms with Crippen LogP contribution < -0.4 is 0 Å². The van der Waals surface area contributed by atoms with Crippen LogP contribution in [-0.4, -0.2) is 26.3 Å². The first kappa shape index (κ1) is 26.2. The Bertz CT molecular complexity index is 1690. The minimum absolute atomic E-state index is 0.218. The van der Waals surface area contributed by atoms with Crippen LogP contribution in [0.4, 0.5) is 0 Å². The van der Waals surface area contributed by atoms with Crippen LogP contribution in [0.1, 0.15) is 49.4 Å². The number of rotatable bonds is 3. The van der Waals surface area contributed by atoms with E-state index >= 15 is 0 Å². The number of amides is 2. The summed E-state index contributed by atoms with van der Waals surface area (Å²) >= 11 is 0.